The lowest BCUT2D eigenvalue weighted by atomic mass is 9.90. The molecular weight excluding hydrogens is 1120 g/mol. The van der Waals surface area contributed by atoms with Crippen LogP contribution >= 0.6 is 0 Å². The third-order valence-electron chi connectivity index (χ3n) is 16.4. The molecule has 0 radical (unpaired) electrons. The van der Waals surface area contributed by atoms with Crippen molar-refractivity contribution in [2.75, 3.05) is 55.9 Å². The van der Waals surface area contributed by atoms with Gasteiger partial charge in [-0.1, -0.05) is 96.9 Å². The monoisotopic (exact) mass is 1230 g/mol. The quantitative estimate of drug-likeness (QED) is 0.122. The normalized spacial score (nSPS) is 26.4. The average Bonchev–Trinajstić information content (AvgIpc) is 1.19. The summed E-state index contributed by atoms with van der Waals surface area (Å²) < 4.78 is 0. The summed E-state index contributed by atoms with van der Waals surface area (Å²) in [6, 6.07) is -12.8. The van der Waals surface area contributed by atoms with Crippen LogP contribution in [0, 0.1) is 41.4 Å². The zero-order chi connectivity index (χ0) is 67.6. The molecule has 6 N–H and O–H groups in total. The standard InChI is InChI=1S/C62H111N11O14/c1-24-42-58(83)67(17)32-47(74)68(18)43(28-33(2)3)55(80)66-49(37(10)11)61(86)69(19)44(29-34(4)5)54(79)63-40(15)53(78)64-41(16)57(82)70(20)45(30-35(6)7)59(84)71(21)46(31-36(8)9)60(85)72(22)50(38(12)13)62(87)73(23)51(56(81)65-42)52(77)39(14)26-25-27-48(75)76/h33-46,49-52,77H,24-32H2,1-23H3,(H,63,79)(H,64,78)(H,65,81)(H,66,80)(H,75,76)/t39-,40+,41+,42+,43+,44+,45+,46+,49+,50+,51?,52-/m1/s1. The van der Waals surface area contributed by atoms with E-state index in [1.54, 1.807) is 41.5 Å². The second kappa shape index (κ2) is 35.6. The Hall–Kier alpha value is -6.40. The van der Waals surface area contributed by atoms with Crippen LogP contribution in [0.5, 0.6) is 0 Å². The minimum atomic E-state index is -1.73. The molecule has 0 spiro atoms. The van der Waals surface area contributed by atoms with Crippen LogP contribution in [0.1, 0.15) is 162 Å². The predicted molar refractivity (Wildman–Crippen MR) is 331 cm³/mol. The highest BCUT2D eigenvalue weighted by molar-refractivity contribution is 5.99. The molecule has 0 aromatic heterocycles. The van der Waals surface area contributed by atoms with Gasteiger partial charge in [0.15, 0.2) is 0 Å². The number of carbonyl (C=O) groups excluding carboxylic acids is 11. The van der Waals surface area contributed by atoms with Crippen LogP contribution in [0.4, 0.5) is 0 Å². The fraction of sp³-hybridized carbons (Fsp3) is 0.806. The molecule has 1 saturated heterocycles. The van der Waals surface area contributed by atoms with Crippen LogP contribution in [0.2, 0.25) is 0 Å². The van der Waals surface area contributed by atoms with Crippen LogP contribution in [-0.2, 0) is 57.5 Å². The first-order valence-electron chi connectivity index (χ1n) is 31.0. The summed E-state index contributed by atoms with van der Waals surface area (Å²) in [6.45, 7) is 27.0. The molecule has 11 amide bonds. The largest absolute Gasteiger partial charge is 0.481 e. The van der Waals surface area contributed by atoms with E-state index in [2.05, 4.69) is 21.3 Å². The third-order valence-corrected chi connectivity index (χ3v) is 16.4. The number of aliphatic hydroxyl groups is 1. The Kier molecular flexibility index (Phi) is 32.1. The Morgan fingerprint density at radius 1 is 0.471 bits per heavy atom. The van der Waals surface area contributed by atoms with Crippen molar-refractivity contribution < 1.29 is 67.7 Å². The van der Waals surface area contributed by atoms with Crippen LogP contribution in [-0.4, -0.2) is 238 Å². The second-order valence-corrected chi connectivity index (χ2v) is 26.6. The van der Waals surface area contributed by atoms with Crippen molar-refractivity contribution in [3.05, 3.63) is 0 Å². The van der Waals surface area contributed by atoms with Crippen LogP contribution < -0.4 is 21.3 Å². The molecule has 1 unspecified atom stereocenters. The highest BCUT2D eigenvalue weighted by atomic mass is 16.4. The zero-order valence-electron chi connectivity index (χ0n) is 56.7. The summed E-state index contributed by atoms with van der Waals surface area (Å²) in [6.07, 6.45) is -1.19. The van der Waals surface area contributed by atoms with Crippen LogP contribution in [0.3, 0.4) is 0 Å². The molecule has 0 aliphatic carbocycles. The number of carboxylic acid groups (broad SMARTS) is 1. The smallest absolute Gasteiger partial charge is 0.303 e. The number of likely N-dealkylation sites (N-methyl/N-ethyl adjacent to an activating group) is 7. The van der Waals surface area contributed by atoms with E-state index in [4.69, 9.17) is 0 Å². The Bertz CT molecular complexity index is 2380. The van der Waals surface area contributed by atoms with Crippen molar-refractivity contribution in [1.29, 1.82) is 0 Å². The lowest BCUT2D eigenvalue weighted by Crippen LogP contribution is -2.63. The Labute approximate surface area is 518 Å². The van der Waals surface area contributed by atoms with Gasteiger partial charge >= 0.3 is 5.97 Å². The Morgan fingerprint density at radius 3 is 1.33 bits per heavy atom. The van der Waals surface area contributed by atoms with Gasteiger partial charge in [0.2, 0.25) is 65.0 Å². The van der Waals surface area contributed by atoms with Gasteiger partial charge < -0.3 is 65.8 Å². The third kappa shape index (κ3) is 22.6. The minimum absolute atomic E-state index is 0.0326. The molecule has 87 heavy (non-hydrogen) atoms. The second-order valence-electron chi connectivity index (χ2n) is 26.6. The van der Waals surface area contributed by atoms with Gasteiger partial charge in [-0.15, -0.1) is 0 Å². The maximum absolute atomic E-state index is 15.2. The van der Waals surface area contributed by atoms with Crippen molar-refractivity contribution in [2.45, 2.75) is 229 Å². The van der Waals surface area contributed by atoms with E-state index in [9.17, 15) is 58.2 Å². The molecule has 1 heterocycles. The molecule has 0 bridgehead atoms. The van der Waals surface area contributed by atoms with Gasteiger partial charge in [0.25, 0.3) is 0 Å². The Balaban J connectivity index is 4.34. The molecule has 1 fully saturated rings. The fourth-order valence-electron chi connectivity index (χ4n) is 10.9. The number of hydrogen-bond donors (Lipinski definition) is 6. The van der Waals surface area contributed by atoms with Gasteiger partial charge in [-0.05, 0) is 100 Å². The first kappa shape index (κ1) is 78.6. The van der Waals surface area contributed by atoms with Crippen molar-refractivity contribution >= 4 is 70.9 Å². The van der Waals surface area contributed by atoms with Crippen LogP contribution in [0.15, 0.2) is 0 Å². The number of rotatable bonds is 17. The van der Waals surface area contributed by atoms with Gasteiger partial charge in [0.1, 0.15) is 60.4 Å². The topological polar surface area (TPSA) is 316 Å². The number of aliphatic hydroxyl groups excluding tert-OH is 1. The number of carbonyl (C=O) groups is 12. The summed E-state index contributed by atoms with van der Waals surface area (Å²) in [5, 5.41) is 32.4. The maximum Gasteiger partial charge on any atom is 0.303 e. The summed E-state index contributed by atoms with van der Waals surface area (Å²) in [7, 11) is 9.68. The molecule has 1 rings (SSSR count). The van der Waals surface area contributed by atoms with Crippen molar-refractivity contribution in [1.82, 2.24) is 55.6 Å². The van der Waals surface area contributed by atoms with Crippen LogP contribution in [0.25, 0.3) is 0 Å². The number of nitrogens with zero attached hydrogens (tertiary/aromatic N) is 7. The van der Waals surface area contributed by atoms with E-state index in [-0.39, 0.29) is 75.0 Å². The van der Waals surface area contributed by atoms with E-state index in [0.29, 0.717) is 0 Å². The van der Waals surface area contributed by atoms with Crippen molar-refractivity contribution in [3.8, 4) is 0 Å². The molecule has 25 nitrogen and oxygen atoms in total. The molecule has 12 atom stereocenters. The van der Waals surface area contributed by atoms with Gasteiger partial charge in [0, 0.05) is 55.8 Å². The van der Waals surface area contributed by atoms with E-state index in [1.807, 2.05) is 55.4 Å². The molecule has 1 aliphatic heterocycles. The molecule has 0 aromatic rings. The lowest BCUT2D eigenvalue weighted by Gasteiger charge is -2.41. The van der Waals surface area contributed by atoms with E-state index in [0.717, 1.165) is 9.80 Å². The van der Waals surface area contributed by atoms with Gasteiger partial charge in [-0.2, -0.15) is 0 Å². The van der Waals surface area contributed by atoms with E-state index >= 15 is 9.59 Å². The summed E-state index contributed by atoms with van der Waals surface area (Å²) in [4.78, 5) is 180. The van der Waals surface area contributed by atoms with Gasteiger partial charge in [0.05, 0.1) is 12.6 Å². The molecule has 1 aliphatic rings. The molecule has 0 aromatic carbocycles. The summed E-state index contributed by atoms with van der Waals surface area (Å²) in [5.41, 5.74) is 0. The van der Waals surface area contributed by atoms with E-state index < -0.39 is 162 Å². The van der Waals surface area contributed by atoms with E-state index in [1.165, 1.54) is 87.7 Å². The maximum atomic E-state index is 15.2. The molecular formula is C62H111N11O14. The molecule has 25 heteroatoms. The molecule has 498 valence electrons. The number of hydrogen-bond acceptors (Lipinski definition) is 13. The number of carboxylic acids is 1. The highest BCUT2D eigenvalue weighted by Gasteiger charge is 2.46. The Morgan fingerprint density at radius 2 is 0.885 bits per heavy atom. The highest BCUT2D eigenvalue weighted by Crippen LogP contribution is 2.26. The van der Waals surface area contributed by atoms with Gasteiger partial charge in [-0.25, -0.2) is 0 Å². The zero-order valence-corrected chi connectivity index (χ0v) is 56.7. The fourth-order valence-corrected chi connectivity index (χ4v) is 10.9. The first-order valence-corrected chi connectivity index (χ1v) is 31.0. The van der Waals surface area contributed by atoms with Gasteiger partial charge in [-0.3, -0.25) is 57.5 Å². The molecule has 0 saturated carbocycles. The average molecular weight is 1230 g/mol. The number of aliphatic carboxylic acids is 1. The SMILES string of the molecule is CC[C@@H]1NC(=O)C([C@H](O)[C@H](C)CCCC(=O)O)N(C)C(=O)[C@H](C(C)C)N(C)C(=O)[C@H](CC(C)C)N(C)C(=O)[C@H](CC(C)C)N(C)C(=O)[C@H](C)NC(=O)[C@H](C)NC(=O)[C@H](CC(C)C)N(C)C(=O)[C@H](C(C)C)NC(=O)[C@H](CC(C)C)N(C)C(=O)CN(C)C1=O. The number of nitrogens with one attached hydrogen (secondary N) is 4. The van der Waals surface area contributed by atoms with Crippen molar-refractivity contribution in [3.63, 3.8) is 0 Å². The summed E-state index contributed by atoms with van der Waals surface area (Å²) in [5.74, 6) is -11.6. The lowest BCUT2D eigenvalue weighted by molar-refractivity contribution is -0.157. The predicted octanol–water partition coefficient (Wildman–Crippen LogP) is 2.56. The minimum Gasteiger partial charge on any atom is -0.481 e. The summed E-state index contributed by atoms with van der Waals surface area (Å²) >= 11 is 0. The first-order chi connectivity index (χ1) is 40.1. The van der Waals surface area contributed by atoms with Crippen molar-refractivity contribution in [2.24, 2.45) is 41.4 Å². The number of amides is 11.